The monoisotopic (exact) mass is 421 g/mol. The molecular formula is C22H35N3O5. The lowest BCUT2D eigenvalue weighted by Crippen LogP contribution is -2.57. The van der Waals surface area contributed by atoms with Crippen LogP contribution in [0.2, 0.25) is 0 Å². The highest BCUT2D eigenvalue weighted by Gasteiger charge is 2.55. The van der Waals surface area contributed by atoms with Crippen molar-refractivity contribution in [2.45, 2.75) is 58.4 Å². The van der Waals surface area contributed by atoms with E-state index < -0.39 is 24.5 Å². The number of amides is 3. The molecule has 8 heteroatoms. The summed E-state index contributed by atoms with van der Waals surface area (Å²) in [5.74, 6) is 0.315. The van der Waals surface area contributed by atoms with Gasteiger partial charge in [-0.1, -0.05) is 13.8 Å². The summed E-state index contributed by atoms with van der Waals surface area (Å²) in [6, 6.07) is -0.790. The Morgan fingerprint density at radius 1 is 1.00 bits per heavy atom. The van der Waals surface area contributed by atoms with Crippen LogP contribution in [0.3, 0.4) is 0 Å². The smallest absolute Gasteiger partial charge is 0.329 e. The molecule has 0 unspecified atom stereocenters. The molecule has 0 aromatic carbocycles. The fourth-order valence-electron chi connectivity index (χ4n) is 5.79. The predicted octanol–water partition coefficient (Wildman–Crippen LogP) is 1.09. The molecule has 0 aromatic heterocycles. The van der Waals surface area contributed by atoms with Gasteiger partial charge in [0.05, 0.1) is 6.54 Å². The van der Waals surface area contributed by atoms with Gasteiger partial charge in [0.2, 0.25) is 11.8 Å². The minimum absolute atomic E-state index is 0.0294. The first kappa shape index (κ1) is 22.6. The van der Waals surface area contributed by atoms with E-state index in [2.05, 4.69) is 10.6 Å². The molecule has 0 saturated heterocycles. The number of carbonyl (C=O) groups excluding carboxylic acids is 4. The number of nitrogens with one attached hydrogen (secondary N) is 2. The second-order valence-electron chi connectivity index (χ2n) is 10.1. The van der Waals surface area contributed by atoms with Crippen LogP contribution in [-0.2, 0) is 23.9 Å². The SMILES string of the molecule is CC(C)[C@@H](NC(=O)C12CC3CC(CC(C3)C1)C2)C(=O)OCC(=O)NCC(=O)N(C)C. The molecule has 4 aliphatic carbocycles. The maximum atomic E-state index is 13.3. The number of likely N-dealkylation sites (N-methyl/N-ethyl adjacent to an activating group) is 1. The Morgan fingerprint density at radius 2 is 1.53 bits per heavy atom. The number of nitrogens with zero attached hydrogens (tertiary/aromatic N) is 1. The highest BCUT2D eigenvalue weighted by atomic mass is 16.5. The maximum absolute atomic E-state index is 13.3. The van der Waals surface area contributed by atoms with Crippen molar-refractivity contribution in [2.24, 2.45) is 29.1 Å². The van der Waals surface area contributed by atoms with Gasteiger partial charge in [-0.3, -0.25) is 14.4 Å². The van der Waals surface area contributed by atoms with Crippen LogP contribution >= 0.6 is 0 Å². The molecule has 2 N–H and O–H groups in total. The summed E-state index contributed by atoms with van der Waals surface area (Å²) in [7, 11) is 3.18. The van der Waals surface area contributed by atoms with E-state index in [1.165, 1.54) is 24.2 Å². The molecule has 4 bridgehead atoms. The van der Waals surface area contributed by atoms with E-state index >= 15 is 0 Å². The molecule has 1 atom stereocenters. The number of hydrogen-bond acceptors (Lipinski definition) is 5. The third-order valence-corrected chi connectivity index (χ3v) is 7.01. The highest BCUT2D eigenvalue weighted by Crippen LogP contribution is 2.60. The van der Waals surface area contributed by atoms with E-state index in [4.69, 9.17) is 4.74 Å². The molecule has 0 heterocycles. The topological polar surface area (TPSA) is 105 Å². The molecule has 0 aromatic rings. The molecule has 3 amide bonds. The molecule has 4 saturated carbocycles. The number of hydrogen-bond donors (Lipinski definition) is 2. The van der Waals surface area contributed by atoms with E-state index in [0.29, 0.717) is 17.8 Å². The van der Waals surface area contributed by atoms with E-state index in [1.807, 2.05) is 13.8 Å². The molecule has 0 spiro atoms. The lowest BCUT2D eigenvalue weighted by molar-refractivity contribution is -0.157. The zero-order valence-electron chi connectivity index (χ0n) is 18.5. The van der Waals surface area contributed by atoms with Crippen LogP contribution in [0.15, 0.2) is 0 Å². The standard InChI is InChI=1S/C22H35N3O5/c1-13(2)19(20(28)30-12-17(26)23-11-18(27)25(3)4)24-21(29)22-8-14-5-15(9-22)7-16(6-14)10-22/h13-16,19H,5-12H2,1-4H3,(H,23,26)(H,24,29)/t14?,15?,16?,19-,22?/m1/s1. The van der Waals surface area contributed by atoms with Gasteiger partial charge >= 0.3 is 5.97 Å². The Bertz CT molecular complexity index is 668. The van der Waals surface area contributed by atoms with Gasteiger partial charge in [-0.15, -0.1) is 0 Å². The third-order valence-electron chi connectivity index (χ3n) is 7.01. The van der Waals surface area contributed by atoms with Crippen LogP contribution in [0.5, 0.6) is 0 Å². The average molecular weight is 422 g/mol. The lowest BCUT2D eigenvalue weighted by atomic mass is 9.49. The Morgan fingerprint density at radius 3 is 2.00 bits per heavy atom. The number of rotatable bonds is 8. The highest BCUT2D eigenvalue weighted by molar-refractivity contribution is 5.90. The number of ether oxygens (including phenoxy) is 1. The molecule has 4 rings (SSSR count). The van der Waals surface area contributed by atoms with Crippen molar-refractivity contribution in [3.63, 3.8) is 0 Å². The Labute approximate surface area is 178 Å². The first-order valence-electron chi connectivity index (χ1n) is 11.0. The summed E-state index contributed by atoms with van der Waals surface area (Å²) in [5, 5.41) is 5.38. The van der Waals surface area contributed by atoms with Gasteiger partial charge in [0.15, 0.2) is 6.61 Å². The zero-order valence-corrected chi connectivity index (χ0v) is 18.5. The van der Waals surface area contributed by atoms with Crippen LogP contribution in [0, 0.1) is 29.1 Å². The van der Waals surface area contributed by atoms with Crippen molar-refractivity contribution in [3.05, 3.63) is 0 Å². The van der Waals surface area contributed by atoms with Crippen molar-refractivity contribution in [3.8, 4) is 0 Å². The maximum Gasteiger partial charge on any atom is 0.329 e. The fraction of sp³-hybridized carbons (Fsp3) is 0.818. The van der Waals surface area contributed by atoms with E-state index in [1.54, 1.807) is 14.1 Å². The van der Waals surface area contributed by atoms with Gasteiger partial charge in [-0.2, -0.15) is 0 Å². The largest absolute Gasteiger partial charge is 0.454 e. The molecular weight excluding hydrogens is 386 g/mol. The van der Waals surface area contributed by atoms with Crippen LogP contribution in [-0.4, -0.2) is 61.9 Å². The van der Waals surface area contributed by atoms with E-state index in [9.17, 15) is 19.2 Å². The van der Waals surface area contributed by atoms with Crippen molar-refractivity contribution in [2.75, 3.05) is 27.2 Å². The summed E-state index contributed by atoms with van der Waals surface area (Å²) in [5.41, 5.74) is -0.341. The van der Waals surface area contributed by atoms with E-state index in [0.717, 1.165) is 19.3 Å². The van der Waals surface area contributed by atoms with Crippen LogP contribution in [0.25, 0.3) is 0 Å². The van der Waals surface area contributed by atoms with Gasteiger partial charge in [-0.05, 0) is 62.2 Å². The van der Waals surface area contributed by atoms with Gasteiger partial charge in [0.25, 0.3) is 5.91 Å². The number of esters is 1. The van der Waals surface area contributed by atoms with Gasteiger partial charge < -0.3 is 20.3 Å². The van der Waals surface area contributed by atoms with Crippen molar-refractivity contribution in [1.29, 1.82) is 0 Å². The second kappa shape index (κ2) is 8.94. The van der Waals surface area contributed by atoms with Crippen molar-refractivity contribution < 1.29 is 23.9 Å². The second-order valence-corrected chi connectivity index (χ2v) is 10.1. The Balaban J connectivity index is 1.53. The summed E-state index contributed by atoms with van der Waals surface area (Å²) < 4.78 is 5.15. The summed E-state index contributed by atoms with van der Waals surface area (Å²) in [6.07, 6.45) is 6.50. The van der Waals surface area contributed by atoms with Gasteiger partial charge in [0, 0.05) is 19.5 Å². The first-order chi connectivity index (χ1) is 14.1. The molecule has 0 radical (unpaired) electrons. The van der Waals surface area contributed by atoms with Crippen molar-refractivity contribution >= 4 is 23.7 Å². The molecule has 0 aliphatic heterocycles. The van der Waals surface area contributed by atoms with Crippen molar-refractivity contribution in [1.82, 2.24) is 15.5 Å². The summed E-state index contributed by atoms with van der Waals surface area (Å²) >= 11 is 0. The molecule has 4 fully saturated rings. The normalized spacial score (nSPS) is 30.0. The summed E-state index contributed by atoms with van der Waals surface area (Å²) in [4.78, 5) is 50.6. The quantitative estimate of drug-likeness (QED) is 0.571. The third kappa shape index (κ3) is 4.95. The van der Waals surface area contributed by atoms with Gasteiger partial charge in [0.1, 0.15) is 6.04 Å². The van der Waals surface area contributed by atoms with Crippen LogP contribution < -0.4 is 10.6 Å². The minimum atomic E-state index is -0.790. The minimum Gasteiger partial charge on any atom is -0.454 e. The molecule has 30 heavy (non-hydrogen) atoms. The number of carbonyl (C=O) groups is 4. The molecule has 4 aliphatic rings. The van der Waals surface area contributed by atoms with Crippen LogP contribution in [0.4, 0.5) is 0 Å². The fourth-order valence-corrected chi connectivity index (χ4v) is 5.79. The van der Waals surface area contributed by atoms with Gasteiger partial charge in [-0.25, -0.2) is 4.79 Å². The summed E-state index contributed by atoms with van der Waals surface area (Å²) in [6.45, 7) is 3.07. The first-order valence-corrected chi connectivity index (χ1v) is 11.0. The van der Waals surface area contributed by atoms with E-state index in [-0.39, 0.29) is 29.7 Å². The molecule has 8 nitrogen and oxygen atoms in total. The predicted molar refractivity (Wildman–Crippen MR) is 110 cm³/mol. The lowest BCUT2D eigenvalue weighted by Gasteiger charge is -2.55. The Hall–Kier alpha value is -2.12. The van der Waals surface area contributed by atoms with Crippen LogP contribution in [0.1, 0.15) is 52.4 Å². The zero-order chi connectivity index (χ0) is 22.1. The average Bonchev–Trinajstić information content (AvgIpc) is 2.66. The Kier molecular flexibility index (Phi) is 6.72. The molecule has 168 valence electrons.